The standard InChI is InChI=1S/C45H42BrClO5S/c46-40-24-22-37(53-40)27-36-26-35(21-23-38(36)47)41-43(49,28-32-15-7-2-8-16-32)45(51,30-34-19-11-4-12-20-34)44(50,29-33-17-9-3-10-18-33)42(52-41)39(48)25-31-13-5-1-6-14-31/h1-24,26,39,41-42,48-51H,25,27-30H2/t39?,41-,42+,43-,44+,45+/m0/s1. The summed E-state index contributed by atoms with van der Waals surface area (Å²) in [5.41, 5.74) is -2.19. The Balaban J connectivity index is 1.45. The predicted molar refractivity (Wildman–Crippen MR) is 215 cm³/mol. The molecule has 0 bridgehead atoms. The molecule has 53 heavy (non-hydrogen) atoms. The first kappa shape index (κ1) is 37.7. The molecule has 0 aliphatic carbocycles. The summed E-state index contributed by atoms with van der Waals surface area (Å²) < 4.78 is 8.01. The first-order valence-electron chi connectivity index (χ1n) is 17.8. The van der Waals surface area contributed by atoms with E-state index in [0.29, 0.717) is 22.6 Å². The summed E-state index contributed by atoms with van der Waals surface area (Å²) in [4.78, 5) is 1.09. The molecule has 0 saturated carbocycles. The summed E-state index contributed by atoms with van der Waals surface area (Å²) in [5.74, 6) is 0. The Kier molecular flexibility index (Phi) is 11.4. The lowest BCUT2D eigenvalue weighted by Gasteiger charge is -2.62. The van der Waals surface area contributed by atoms with Gasteiger partial charge >= 0.3 is 0 Å². The van der Waals surface area contributed by atoms with E-state index in [1.54, 1.807) is 17.4 Å². The van der Waals surface area contributed by atoms with Gasteiger partial charge in [0.25, 0.3) is 0 Å². The Bertz CT molecular complexity index is 2100. The Morgan fingerprint density at radius 2 is 1.15 bits per heavy atom. The van der Waals surface area contributed by atoms with Gasteiger partial charge in [-0.15, -0.1) is 11.3 Å². The van der Waals surface area contributed by atoms with Gasteiger partial charge in [0, 0.05) is 42.0 Å². The van der Waals surface area contributed by atoms with Gasteiger partial charge in [0.1, 0.15) is 29.0 Å². The van der Waals surface area contributed by atoms with Crippen molar-refractivity contribution in [1.82, 2.24) is 0 Å². The van der Waals surface area contributed by atoms with Gasteiger partial charge in [0.15, 0.2) is 0 Å². The summed E-state index contributed by atoms with van der Waals surface area (Å²) in [6.07, 6.45) is -3.41. The Morgan fingerprint density at radius 1 is 0.642 bits per heavy atom. The first-order chi connectivity index (χ1) is 25.6. The molecule has 4 N–H and O–H groups in total. The number of thiophene rings is 1. The average molecular weight is 810 g/mol. The fraction of sp³-hybridized carbons (Fsp3) is 0.244. The minimum Gasteiger partial charge on any atom is -0.390 e. The lowest BCUT2D eigenvalue weighted by molar-refractivity contribution is -0.368. The third-order valence-corrected chi connectivity index (χ3v) is 12.6. The van der Waals surface area contributed by atoms with Gasteiger partial charge in [-0.05, 0) is 67.5 Å². The van der Waals surface area contributed by atoms with Crippen molar-refractivity contribution in [2.75, 3.05) is 0 Å². The highest BCUT2D eigenvalue weighted by molar-refractivity contribution is 9.11. The first-order valence-corrected chi connectivity index (χ1v) is 19.8. The molecule has 1 unspecified atom stereocenters. The summed E-state index contributed by atoms with van der Waals surface area (Å²) in [6.45, 7) is 0. The molecule has 1 fully saturated rings. The topological polar surface area (TPSA) is 90.2 Å². The van der Waals surface area contributed by atoms with Gasteiger partial charge < -0.3 is 25.2 Å². The maximum Gasteiger partial charge on any atom is 0.132 e. The molecule has 1 saturated heterocycles. The smallest absolute Gasteiger partial charge is 0.132 e. The summed E-state index contributed by atoms with van der Waals surface area (Å²) in [5, 5.41) is 53.6. The second kappa shape index (κ2) is 16.0. The molecular formula is C45H42BrClO5S. The number of benzene rings is 5. The van der Waals surface area contributed by atoms with E-state index in [4.69, 9.17) is 16.3 Å². The quantitative estimate of drug-likeness (QED) is 0.0994. The Labute approximate surface area is 328 Å². The van der Waals surface area contributed by atoms with E-state index in [2.05, 4.69) is 15.9 Å². The number of hydrogen-bond donors (Lipinski definition) is 4. The van der Waals surface area contributed by atoms with Crippen molar-refractivity contribution in [3.05, 3.63) is 199 Å². The van der Waals surface area contributed by atoms with Crippen molar-refractivity contribution < 1.29 is 25.2 Å². The van der Waals surface area contributed by atoms with Crippen LogP contribution in [0.3, 0.4) is 0 Å². The van der Waals surface area contributed by atoms with E-state index in [-0.39, 0.29) is 25.7 Å². The van der Waals surface area contributed by atoms with Crippen LogP contribution in [-0.4, -0.2) is 49.4 Å². The minimum atomic E-state index is -2.28. The lowest BCUT2D eigenvalue weighted by atomic mass is 9.56. The van der Waals surface area contributed by atoms with Crippen LogP contribution >= 0.6 is 38.9 Å². The molecule has 0 radical (unpaired) electrons. The molecule has 5 nitrogen and oxygen atoms in total. The molecule has 2 heterocycles. The monoisotopic (exact) mass is 808 g/mol. The normalized spacial score (nSPS) is 24.9. The lowest BCUT2D eigenvalue weighted by Crippen LogP contribution is -2.81. The van der Waals surface area contributed by atoms with Crippen LogP contribution in [0, 0.1) is 0 Å². The highest BCUT2D eigenvalue weighted by Gasteiger charge is 2.72. The van der Waals surface area contributed by atoms with E-state index >= 15 is 0 Å². The number of aliphatic hydroxyl groups is 4. The van der Waals surface area contributed by atoms with E-state index in [1.807, 2.05) is 146 Å². The zero-order chi connectivity index (χ0) is 37.1. The van der Waals surface area contributed by atoms with Crippen molar-refractivity contribution >= 4 is 38.9 Å². The number of rotatable bonds is 12. The van der Waals surface area contributed by atoms with Crippen molar-refractivity contribution in [3.8, 4) is 0 Å². The van der Waals surface area contributed by atoms with E-state index in [0.717, 1.165) is 30.9 Å². The second-order valence-corrected chi connectivity index (χ2v) is 17.1. The molecule has 5 aromatic carbocycles. The summed E-state index contributed by atoms with van der Waals surface area (Å²) in [7, 11) is 0. The van der Waals surface area contributed by atoms with Crippen LogP contribution < -0.4 is 0 Å². The molecule has 1 aliphatic rings. The molecule has 1 aromatic heterocycles. The molecule has 6 atom stereocenters. The largest absolute Gasteiger partial charge is 0.390 e. The van der Waals surface area contributed by atoms with Gasteiger partial charge in [0.2, 0.25) is 0 Å². The van der Waals surface area contributed by atoms with Crippen LogP contribution in [0.15, 0.2) is 155 Å². The minimum absolute atomic E-state index is 0.0593. The van der Waals surface area contributed by atoms with Crippen LogP contribution in [-0.2, 0) is 36.8 Å². The molecule has 1 aliphatic heterocycles. The van der Waals surface area contributed by atoms with Crippen LogP contribution in [0.25, 0.3) is 0 Å². The van der Waals surface area contributed by atoms with Crippen molar-refractivity contribution in [2.24, 2.45) is 0 Å². The Morgan fingerprint density at radius 3 is 1.68 bits per heavy atom. The van der Waals surface area contributed by atoms with Crippen molar-refractivity contribution in [2.45, 2.75) is 67.2 Å². The number of aliphatic hydroxyl groups excluding tert-OH is 1. The zero-order valence-corrected chi connectivity index (χ0v) is 32.2. The van der Waals surface area contributed by atoms with Crippen LogP contribution in [0.1, 0.15) is 44.4 Å². The number of ether oxygens (including phenoxy) is 1. The number of hydrogen-bond acceptors (Lipinski definition) is 6. The van der Waals surface area contributed by atoms with Gasteiger partial charge in [-0.25, -0.2) is 0 Å². The third-order valence-electron chi connectivity index (χ3n) is 10.6. The maximum absolute atomic E-state index is 13.7. The van der Waals surface area contributed by atoms with Crippen LogP contribution in [0.4, 0.5) is 0 Å². The SMILES string of the molecule is OC(Cc1ccccc1)[C@H]1O[C@@H](c2ccc(Cl)c(Cc3ccc(Br)s3)c2)[C@@](O)(Cc2ccccc2)[C@](O)(Cc2ccccc2)[C@@]1(O)Cc1ccccc1. The fourth-order valence-corrected chi connectivity index (χ4v) is 9.64. The molecule has 0 spiro atoms. The van der Waals surface area contributed by atoms with Crippen molar-refractivity contribution in [3.63, 3.8) is 0 Å². The molecule has 6 aromatic rings. The summed E-state index contributed by atoms with van der Waals surface area (Å²) >= 11 is 12.0. The molecule has 7 rings (SSSR count). The fourth-order valence-electron chi connectivity index (χ4n) is 7.95. The van der Waals surface area contributed by atoms with Gasteiger partial charge in [0.05, 0.1) is 9.89 Å². The highest BCUT2D eigenvalue weighted by Crippen LogP contribution is 2.55. The van der Waals surface area contributed by atoms with E-state index in [9.17, 15) is 20.4 Å². The van der Waals surface area contributed by atoms with Gasteiger partial charge in [-0.1, -0.05) is 145 Å². The molecule has 0 amide bonds. The van der Waals surface area contributed by atoms with Gasteiger partial charge in [-0.3, -0.25) is 0 Å². The van der Waals surface area contributed by atoms with Gasteiger partial charge in [-0.2, -0.15) is 0 Å². The predicted octanol–water partition coefficient (Wildman–Crippen LogP) is 8.72. The van der Waals surface area contributed by atoms with Crippen molar-refractivity contribution in [1.29, 1.82) is 0 Å². The zero-order valence-electron chi connectivity index (χ0n) is 29.1. The summed E-state index contributed by atoms with van der Waals surface area (Å²) in [6, 6.07) is 47.3. The third kappa shape index (κ3) is 7.81. The maximum atomic E-state index is 13.7. The number of halogens is 2. The van der Waals surface area contributed by atoms with E-state index in [1.165, 1.54) is 0 Å². The van der Waals surface area contributed by atoms with E-state index < -0.39 is 35.1 Å². The van der Waals surface area contributed by atoms with Crippen LogP contribution in [0.2, 0.25) is 5.02 Å². The molecule has 8 heteroatoms. The second-order valence-electron chi connectivity index (χ2n) is 14.1. The molecule has 272 valence electrons. The van der Waals surface area contributed by atoms with Crippen LogP contribution in [0.5, 0.6) is 0 Å². The highest BCUT2D eigenvalue weighted by atomic mass is 79.9. The Hall–Kier alpha value is -3.63. The molecular weight excluding hydrogens is 768 g/mol. The average Bonchev–Trinajstić information content (AvgIpc) is 3.58.